The molecule has 1 unspecified atom stereocenters. The lowest BCUT2D eigenvalue weighted by molar-refractivity contribution is 0.129. The van der Waals surface area contributed by atoms with Gasteiger partial charge in [-0.15, -0.1) is 0 Å². The second-order valence-corrected chi connectivity index (χ2v) is 8.30. The van der Waals surface area contributed by atoms with Crippen molar-refractivity contribution in [3.8, 4) is 5.75 Å². The van der Waals surface area contributed by atoms with Gasteiger partial charge in [-0.25, -0.2) is 4.99 Å². The Morgan fingerprint density at radius 2 is 2.00 bits per heavy atom. The molecule has 5 heteroatoms. The fourth-order valence-electron chi connectivity index (χ4n) is 3.42. The van der Waals surface area contributed by atoms with E-state index < -0.39 is 0 Å². The minimum atomic E-state index is -0.214. The summed E-state index contributed by atoms with van der Waals surface area (Å²) in [5.41, 5.74) is 0.897. The van der Waals surface area contributed by atoms with Crippen molar-refractivity contribution in [1.29, 1.82) is 0 Å². The van der Waals surface area contributed by atoms with Crippen LogP contribution in [0.25, 0.3) is 0 Å². The third-order valence-corrected chi connectivity index (χ3v) is 4.75. The molecule has 1 aromatic rings. The Labute approximate surface area is 165 Å². The average molecular weight is 375 g/mol. The van der Waals surface area contributed by atoms with Crippen molar-refractivity contribution < 1.29 is 4.74 Å². The highest BCUT2D eigenvalue weighted by atomic mass is 16.5. The smallest absolute Gasteiger partial charge is 0.191 e. The molecular weight excluding hydrogens is 336 g/mol. The number of para-hydroxylation sites is 1. The summed E-state index contributed by atoms with van der Waals surface area (Å²) in [6.45, 7) is 16.6. The Balaban J connectivity index is 1.97. The fourth-order valence-corrected chi connectivity index (χ4v) is 3.42. The molecule has 2 N–H and O–H groups in total. The van der Waals surface area contributed by atoms with Gasteiger partial charge in [0.25, 0.3) is 0 Å². The lowest BCUT2D eigenvalue weighted by Gasteiger charge is -2.32. The van der Waals surface area contributed by atoms with Crippen LogP contribution in [0.3, 0.4) is 0 Å². The van der Waals surface area contributed by atoms with Gasteiger partial charge in [-0.1, -0.05) is 25.1 Å². The van der Waals surface area contributed by atoms with Gasteiger partial charge in [0.05, 0.1) is 6.54 Å². The summed E-state index contributed by atoms with van der Waals surface area (Å²) in [5, 5.41) is 6.91. The Kier molecular flexibility index (Phi) is 8.42. The first-order chi connectivity index (χ1) is 12.9. The number of hydrogen-bond acceptors (Lipinski definition) is 3. The summed E-state index contributed by atoms with van der Waals surface area (Å²) in [5.74, 6) is 2.49. The molecule has 0 amide bonds. The highest BCUT2D eigenvalue weighted by Gasteiger charge is 2.19. The molecule has 0 aromatic heterocycles. The number of nitrogens with zero attached hydrogens (tertiary/aromatic N) is 2. The summed E-state index contributed by atoms with van der Waals surface area (Å²) in [6.07, 6.45) is 2.59. The number of nitrogens with one attached hydrogen (secondary N) is 2. The van der Waals surface area contributed by atoms with Crippen LogP contribution in [0.15, 0.2) is 29.3 Å². The van der Waals surface area contributed by atoms with Crippen molar-refractivity contribution in [3.05, 3.63) is 29.8 Å². The van der Waals surface area contributed by atoms with E-state index in [-0.39, 0.29) is 5.60 Å². The third kappa shape index (κ3) is 7.79. The first kappa shape index (κ1) is 21.5. The van der Waals surface area contributed by atoms with Crippen molar-refractivity contribution in [3.63, 3.8) is 0 Å². The summed E-state index contributed by atoms with van der Waals surface area (Å²) < 4.78 is 6.09. The zero-order valence-electron chi connectivity index (χ0n) is 17.8. The van der Waals surface area contributed by atoms with Gasteiger partial charge < -0.3 is 20.3 Å². The summed E-state index contributed by atoms with van der Waals surface area (Å²) in [6, 6.07) is 8.18. The predicted molar refractivity (Wildman–Crippen MR) is 114 cm³/mol. The Morgan fingerprint density at radius 1 is 1.22 bits per heavy atom. The van der Waals surface area contributed by atoms with Crippen LogP contribution in [0, 0.1) is 5.92 Å². The number of guanidine groups is 1. The number of aliphatic imine (C=N–C) groups is 1. The first-order valence-corrected chi connectivity index (χ1v) is 10.4. The molecule has 0 radical (unpaired) electrons. The number of likely N-dealkylation sites (tertiary alicyclic amines) is 1. The first-order valence-electron chi connectivity index (χ1n) is 10.4. The number of ether oxygens (including phenoxy) is 1. The average Bonchev–Trinajstić information content (AvgIpc) is 2.64. The molecule has 2 rings (SSSR count). The predicted octanol–water partition coefficient (Wildman–Crippen LogP) is 3.65. The normalized spacial score (nSPS) is 19.0. The van der Waals surface area contributed by atoms with E-state index in [0.717, 1.165) is 36.9 Å². The van der Waals surface area contributed by atoms with E-state index in [1.54, 1.807) is 0 Å². The minimum absolute atomic E-state index is 0.214. The van der Waals surface area contributed by atoms with E-state index in [1.165, 1.54) is 25.9 Å². The molecule has 1 aliphatic heterocycles. The Hall–Kier alpha value is -1.75. The SMILES string of the molecule is CCNC(=NCc1ccccc1OC(C)(C)C)NCC1CCCN(CC)C1. The summed E-state index contributed by atoms with van der Waals surface area (Å²) >= 11 is 0. The molecule has 5 nitrogen and oxygen atoms in total. The monoisotopic (exact) mass is 374 g/mol. The van der Waals surface area contributed by atoms with E-state index in [2.05, 4.69) is 56.2 Å². The Bertz CT molecular complexity index is 594. The van der Waals surface area contributed by atoms with E-state index in [1.807, 2.05) is 18.2 Å². The van der Waals surface area contributed by atoms with Gasteiger partial charge in [0, 0.05) is 25.2 Å². The Morgan fingerprint density at radius 3 is 2.70 bits per heavy atom. The molecule has 1 fully saturated rings. The van der Waals surface area contributed by atoms with Gasteiger partial charge in [0.2, 0.25) is 0 Å². The molecule has 1 aromatic carbocycles. The molecule has 1 atom stereocenters. The molecule has 0 bridgehead atoms. The van der Waals surface area contributed by atoms with Crippen LogP contribution < -0.4 is 15.4 Å². The molecule has 0 saturated carbocycles. The van der Waals surface area contributed by atoms with Crippen LogP contribution in [-0.4, -0.2) is 49.2 Å². The van der Waals surface area contributed by atoms with Crippen LogP contribution in [0.5, 0.6) is 5.75 Å². The molecule has 0 aliphatic carbocycles. The fraction of sp³-hybridized carbons (Fsp3) is 0.682. The standard InChI is InChI=1S/C22H38N4O/c1-6-23-21(24-15-18-11-10-14-26(7-2)17-18)25-16-19-12-8-9-13-20(19)27-22(3,4)5/h8-9,12-13,18H,6-7,10-11,14-17H2,1-5H3,(H2,23,24,25). The van der Waals surface area contributed by atoms with Crippen molar-refractivity contribution >= 4 is 5.96 Å². The number of rotatable bonds is 7. The van der Waals surface area contributed by atoms with Crippen LogP contribution in [0.1, 0.15) is 53.0 Å². The number of piperidine rings is 1. The van der Waals surface area contributed by atoms with E-state index in [4.69, 9.17) is 9.73 Å². The van der Waals surface area contributed by atoms with Crippen molar-refractivity contribution in [2.45, 2.75) is 59.6 Å². The molecule has 27 heavy (non-hydrogen) atoms. The minimum Gasteiger partial charge on any atom is -0.488 e. The lowest BCUT2D eigenvalue weighted by atomic mass is 9.98. The topological polar surface area (TPSA) is 48.9 Å². The molecule has 0 spiro atoms. The zero-order chi connectivity index (χ0) is 19.7. The second-order valence-electron chi connectivity index (χ2n) is 8.30. The second kappa shape index (κ2) is 10.5. The van der Waals surface area contributed by atoms with Crippen LogP contribution in [0.4, 0.5) is 0 Å². The van der Waals surface area contributed by atoms with E-state index in [0.29, 0.717) is 12.5 Å². The van der Waals surface area contributed by atoms with E-state index in [9.17, 15) is 0 Å². The largest absolute Gasteiger partial charge is 0.488 e. The molecule has 1 heterocycles. The molecule has 152 valence electrons. The van der Waals surface area contributed by atoms with Crippen molar-refractivity contribution in [1.82, 2.24) is 15.5 Å². The third-order valence-electron chi connectivity index (χ3n) is 4.75. The van der Waals surface area contributed by atoms with Gasteiger partial charge in [0.1, 0.15) is 11.4 Å². The number of benzene rings is 1. The maximum atomic E-state index is 6.09. The van der Waals surface area contributed by atoms with Crippen LogP contribution in [-0.2, 0) is 6.54 Å². The van der Waals surface area contributed by atoms with Crippen LogP contribution in [0.2, 0.25) is 0 Å². The lowest BCUT2D eigenvalue weighted by Crippen LogP contribution is -2.44. The number of hydrogen-bond donors (Lipinski definition) is 2. The van der Waals surface area contributed by atoms with Gasteiger partial charge >= 0.3 is 0 Å². The van der Waals surface area contributed by atoms with Gasteiger partial charge in [-0.2, -0.15) is 0 Å². The maximum Gasteiger partial charge on any atom is 0.191 e. The zero-order valence-corrected chi connectivity index (χ0v) is 17.8. The maximum absolute atomic E-state index is 6.09. The highest BCUT2D eigenvalue weighted by Crippen LogP contribution is 2.23. The summed E-state index contributed by atoms with van der Waals surface area (Å²) in [7, 11) is 0. The molecular formula is C22H38N4O. The molecule has 1 aliphatic rings. The van der Waals surface area contributed by atoms with Crippen molar-refractivity contribution in [2.24, 2.45) is 10.9 Å². The van der Waals surface area contributed by atoms with Crippen LogP contribution >= 0.6 is 0 Å². The van der Waals surface area contributed by atoms with Gasteiger partial charge in [-0.05, 0) is 65.6 Å². The van der Waals surface area contributed by atoms with Crippen molar-refractivity contribution in [2.75, 3.05) is 32.7 Å². The van der Waals surface area contributed by atoms with Gasteiger partial charge in [0.15, 0.2) is 5.96 Å². The molecule has 1 saturated heterocycles. The quantitative estimate of drug-likeness (QED) is 0.565. The van der Waals surface area contributed by atoms with E-state index >= 15 is 0 Å². The van der Waals surface area contributed by atoms with Gasteiger partial charge in [-0.3, -0.25) is 0 Å². The summed E-state index contributed by atoms with van der Waals surface area (Å²) in [4.78, 5) is 7.34. The highest BCUT2D eigenvalue weighted by molar-refractivity contribution is 5.79.